The molecule has 0 saturated carbocycles. The maximum atomic E-state index is 12.2. The van der Waals surface area contributed by atoms with Crippen molar-refractivity contribution in [1.29, 1.82) is 0 Å². The number of benzene rings is 2. The first-order valence-corrected chi connectivity index (χ1v) is 8.80. The van der Waals surface area contributed by atoms with Gasteiger partial charge in [-0.1, -0.05) is 12.1 Å². The fraction of sp³-hybridized carbons (Fsp3) is 0.350. The normalized spacial score (nSPS) is 13.7. The Hall–Kier alpha value is -2.93. The molecule has 7 heteroatoms. The number of hydrogen-bond acceptors (Lipinski definition) is 5. The summed E-state index contributed by atoms with van der Waals surface area (Å²) in [7, 11) is 5.14. The summed E-state index contributed by atoms with van der Waals surface area (Å²) in [5.74, 6) is 1.13. The van der Waals surface area contributed by atoms with Crippen molar-refractivity contribution in [3.63, 3.8) is 0 Å². The number of nitrogens with one attached hydrogen (secondary N) is 2. The minimum atomic E-state index is -0.773. The second-order valence-corrected chi connectivity index (χ2v) is 6.48. The lowest BCUT2D eigenvalue weighted by molar-refractivity contribution is 0.175. The molecule has 3 rings (SSSR count). The van der Waals surface area contributed by atoms with Crippen LogP contribution in [-0.2, 0) is 6.42 Å². The van der Waals surface area contributed by atoms with Crippen LogP contribution in [0.2, 0.25) is 0 Å². The molecule has 0 radical (unpaired) electrons. The van der Waals surface area contributed by atoms with Crippen LogP contribution in [0.25, 0.3) is 0 Å². The van der Waals surface area contributed by atoms with E-state index in [9.17, 15) is 9.90 Å². The minimum Gasteiger partial charge on any atom is -0.497 e. The first kappa shape index (κ1) is 18.8. The molecule has 144 valence electrons. The molecule has 1 aliphatic rings. The van der Waals surface area contributed by atoms with Gasteiger partial charge in [0.15, 0.2) is 0 Å². The number of fused-ring (bicyclic) bond motifs is 1. The molecule has 0 saturated heterocycles. The number of anilines is 2. The smallest absolute Gasteiger partial charge is 0.319 e. The predicted molar refractivity (Wildman–Crippen MR) is 105 cm³/mol. The van der Waals surface area contributed by atoms with E-state index in [1.165, 1.54) is 18.4 Å². The summed E-state index contributed by atoms with van der Waals surface area (Å²) in [6, 6.07) is 10.6. The van der Waals surface area contributed by atoms with Gasteiger partial charge in [-0.25, -0.2) is 4.79 Å². The summed E-state index contributed by atoms with van der Waals surface area (Å²) < 4.78 is 10.4. The molecule has 0 bridgehead atoms. The summed E-state index contributed by atoms with van der Waals surface area (Å²) in [4.78, 5) is 14.4. The first-order valence-electron chi connectivity index (χ1n) is 8.80. The number of aliphatic hydroxyl groups excluding tert-OH is 1. The third-order valence-electron chi connectivity index (χ3n) is 4.73. The SMILES string of the molecule is COc1ccc(NC(=O)NCC(O)c2ccc3c(c2)CCN3C)c(OC)c1. The average molecular weight is 371 g/mol. The molecule has 2 aromatic rings. The Kier molecular flexibility index (Phi) is 5.71. The van der Waals surface area contributed by atoms with Crippen LogP contribution < -0.4 is 25.0 Å². The molecular weight excluding hydrogens is 346 g/mol. The summed E-state index contributed by atoms with van der Waals surface area (Å²) in [6.45, 7) is 1.10. The van der Waals surface area contributed by atoms with E-state index >= 15 is 0 Å². The van der Waals surface area contributed by atoms with Gasteiger partial charge in [0.1, 0.15) is 11.5 Å². The van der Waals surface area contributed by atoms with Crippen molar-refractivity contribution in [1.82, 2.24) is 5.32 Å². The van der Waals surface area contributed by atoms with Crippen molar-refractivity contribution >= 4 is 17.4 Å². The molecular formula is C20H25N3O4. The zero-order valence-corrected chi connectivity index (χ0v) is 15.8. The molecule has 1 atom stereocenters. The van der Waals surface area contributed by atoms with Crippen molar-refractivity contribution < 1.29 is 19.4 Å². The van der Waals surface area contributed by atoms with Gasteiger partial charge in [-0.2, -0.15) is 0 Å². The van der Waals surface area contributed by atoms with E-state index in [1.54, 1.807) is 25.3 Å². The van der Waals surface area contributed by atoms with Gasteiger partial charge in [-0.3, -0.25) is 0 Å². The fourth-order valence-corrected chi connectivity index (χ4v) is 3.17. The van der Waals surface area contributed by atoms with Crippen LogP contribution in [0.3, 0.4) is 0 Å². The number of carbonyl (C=O) groups is 1. The molecule has 2 aromatic carbocycles. The second kappa shape index (κ2) is 8.18. The van der Waals surface area contributed by atoms with Gasteiger partial charge < -0.3 is 30.1 Å². The molecule has 0 aliphatic carbocycles. The molecule has 7 nitrogen and oxygen atoms in total. The van der Waals surface area contributed by atoms with Gasteiger partial charge >= 0.3 is 6.03 Å². The van der Waals surface area contributed by atoms with Crippen LogP contribution in [0.1, 0.15) is 17.2 Å². The Balaban J connectivity index is 1.58. The molecule has 1 heterocycles. The Morgan fingerprint density at radius 1 is 1.22 bits per heavy atom. The Morgan fingerprint density at radius 3 is 2.78 bits per heavy atom. The topological polar surface area (TPSA) is 83.1 Å². The lowest BCUT2D eigenvalue weighted by Crippen LogP contribution is -2.32. The number of rotatable bonds is 6. The Morgan fingerprint density at radius 2 is 2.04 bits per heavy atom. The highest BCUT2D eigenvalue weighted by Crippen LogP contribution is 2.30. The molecule has 0 fully saturated rings. The number of ether oxygens (including phenoxy) is 2. The maximum Gasteiger partial charge on any atom is 0.319 e. The summed E-state index contributed by atoms with van der Waals surface area (Å²) in [5.41, 5.74) is 3.74. The molecule has 0 spiro atoms. The second-order valence-electron chi connectivity index (χ2n) is 6.48. The van der Waals surface area contributed by atoms with Gasteiger partial charge in [0.05, 0.1) is 26.0 Å². The van der Waals surface area contributed by atoms with E-state index in [0.29, 0.717) is 17.2 Å². The van der Waals surface area contributed by atoms with Crippen LogP contribution in [0.15, 0.2) is 36.4 Å². The van der Waals surface area contributed by atoms with Crippen LogP contribution in [0.4, 0.5) is 16.2 Å². The highest BCUT2D eigenvalue weighted by atomic mass is 16.5. The third kappa shape index (κ3) is 4.25. The first-order chi connectivity index (χ1) is 13.0. The molecule has 1 aliphatic heterocycles. The average Bonchev–Trinajstić information content (AvgIpc) is 3.06. The van der Waals surface area contributed by atoms with Crippen molar-refractivity contribution in [3.8, 4) is 11.5 Å². The molecule has 27 heavy (non-hydrogen) atoms. The van der Waals surface area contributed by atoms with Crippen LogP contribution in [-0.4, -0.2) is 45.5 Å². The van der Waals surface area contributed by atoms with Crippen molar-refractivity contribution in [2.45, 2.75) is 12.5 Å². The predicted octanol–water partition coefficient (Wildman–Crippen LogP) is 2.55. The van der Waals surface area contributed by atoms with Gasteiger partial charge in [-0.05, 0) is 35.7 Å². The molecule has 3 N–H and O–H groups in total. The number of hydrogen-bond donors (Lipinski definition) is 3. The number of carbonyl (C=O) groups excluding carboxylic acids is 1. The zero-order chi connectivity index (χ0) is 19.4. The van der Waals surface area contributed by atoms with Gasteiger partial charge in [-0.15, -0.1) is 0 Å². The lowest BCUT2D eigenvalue weighted by Gasteiger charge is -2.16. The summed E-state index contributed by atoms with van der Waals surface area (Å²) in [6.07, 6.45) is 0.196. The lowest BCUT2D eigenvalue weighted by atomic mass is 10.0. The van der Waals surface area contributed by atoms with Gasteiger partial charge in [0.2, 0.25) is 0 Å². The summed E-state index contributed by atoms with van der Waals surface area (Å²) in [5, 5.41) is 15.8. The largest absolute Gasteiger partial charge is 0.497 e. The van der Waals surface area contributed by atoms with E-state index < -0.39 is 12.1 Å². The van der Waals surface area contributed by atoms with E-state index in [2.05, 4.69) is 22.6 Å². The van der Waals surface area contributed by atoms with E-state index in [4.69, 9.17) is 9.47 Å². The van der Waals surface area contributed by atoms with E-state index in [0.717, 1.165) is 18.5 Å². The quantitative estimate of drug-likeness (QED) is 0.727. The van der Waals surface area contributed by atoms with Crippen molar-refractivity contribution in [2.75, 3.05) is 44.6 Å². The maximum absolute atomic E-state index is 12.2. The number of amides is 2. The number of nitrogens with zero attached hydrogens (tertiary/aromatic N) is 1. The number of likely N-dealkylation sites (N-methyl/N-ethyl adjacent to an activating group) is 1. The highest BCUT2D eigenvalue weighted by Gasteiger charge is 2.18. The van der Waals surface area contributed by atoms with E-state index in [1.807, 2.05) is 18.2 Å². The minimum absolute atomic E-state index is 0.110. The summed E-state index contributed by atoms with van der Waals surface area (Å²) >= 11 is 0. The van der Waals surface area contributed by atoms with Crippen LogP contribution >= 0.6 is 0 Å². The zero-order valence-electron chi connectivity index (χ0n) is 15.8. The van der Waals surface area contributed by atoms with Crippen LogP contribution in [0.5, 0.6) is 11.5 Å². The van der Waals surface area contributed by atoms with Gasteiger partial charge in [0.25, 0.3) is 0 Å². The molecule has 0 aromatic heterocycles. The fourth-order valence-electron chi connectivity index (χ4n) is 3.17. The van der Waals surface area contributed by atoms with Crippen molar-refractivity contribution in [3.05, 3.63) is 47.5 Å². The number of aliphatic hydroxyl groups is 1. The monoisotopic (exact) mass is 371 g/mol. The Bertz CT molecular complexity index is 825. The molecule has 1 unspecified atom stereocenters. The number of urea groups is 1. The Labute approximate surface area is 158 Å². The van der Waals surface area contributed by atoms with Gasteiger partial charge in [0, 0.05) is 31.9 Å². The molecule has 2 amide bonds. The van der Waals surface area contributed by atoms with E-state index in [-0.39, 0.29) is 6.54 Å². The van der Waals surface area contributed by atoms with Crippen molar-refractivity contribution in [2.24, 2.45) is 0 Å². The van der Waals surface area contributed by atoms with Crippen LogP contribution in [0, 0.1) is 0 Å². The highest BCUT2D eigenvalue weighted by molar-refractivity contribution is 5.91. The third-order valence-corrected chi connectivity index (χ3v) is 4.73. The number of methoxy groups -OCH3 is 2. The standard InChI is InChI=1S/C20H25N3O4/c1-23-9-8-13-10-14(4-7-17(13)23)18(24)12-21-20(25)22-16-6-5-15(26-2)11-19(16)27-3/h4-7,10-11,18,24H,8-9,12H2,1-3H3,(H2,21,22,25).